The number of nitrogens with zero attached hydrogens (tertiary/aromatic N) is 3. The van der Waals surface area contributed by atoms with Crippen molar-refractivity contribution in [2.24, 2.45) is 0 Å². The molecule has 1 fully saturated rings. The molecule has 1 atom stereocenters. The van der Waals surface area contributed by atoms with E-state index in [0.29, 0.717) is 11.8 Å². The van der Waals surface area contributed by atoms with Crippen LogP contribution in [0.3, 0.4) is 0 Å². The average Bonchev–Trinajstić information content (AvgIpc) is 2.63. The summed E-state index contributed by atoms with van der Waals surface area (Å²) in [5, 5.41) is 0. The van der Waals surface area contributed by atoms with Crippen molar-refractivity contribution in [3.05, 3.63) is 59.7 Å². The fraction of sp³-hybridized carbons (Fsp3) is 0.421. The molecule has 2 aromatic rings. The molecule has 3 rings (SSSR count). The second-order valence-electron chi connectivity index (χ2n) is 6.24. The lowest BCUT2D eigenvalue weighted by atomic mass is 10.1. The van der Waals surface area contributed by atoms with Crippen molar-refractivity contribution in [2.75, 3.05) is 33.3 Å². The maximum atomic E-state index is 13.8. The fourth-order valence-electron chi connectivity index (χ4n) is 3.21. The van der Waals surface area contributed by atoms with Crippen LogP contribution in [0.1, 0.15) is 24.1 Å². The largest absolute Gasteiger partial charge is 0.494 e. The molecule has 0 aliphatic carbocycles. The maximum absolute atomic E-state index is 13.8. The van der Waals surface area contributed by atoms with E-state index >= 15 is 0 Å². The molecule has 5 heteroatoms. The number of hydrogen-bond donors (Lipinski definition) is 0. The molecule has 4 nitrogen and oxygen atoms in total. The second kappa shape index (κ2) is 7.73. The minimum absolute atomic E-state index is 0.293. The van der Waals surface area contributed by atoms with Gasteiger partial charge in [0.1, 0.15) is 0 Å². The Kier molecular flexibility index (Phi) is 5.43. The van der Waals surface area contributed by atoms with Crippen LogP contribution in [0.5, 0.6) is 5.75 Å². The molecule has 24 heavy (non-hydrogen) atoms. The SMILES string of the molecule is COc1ccc(CN2CCN(C(C)c3cccnc3)CC2)cc1F. The van der Waals surface area contributed by atoms with E-state index in [-0.39, 0.29) is 5.82 Å². The number of halogens is 1. The van der Waals surface area contributed by atoms with Crippen LogP contribution in [-0.4, -0.2) is 48.1 Å². The molecular formula is C19H24FN3O. The Morgan fingerprint density at radius 2 is 2.00 bits per heavy atom. The lowest BCUT2D eigenvalue weighted by molar-refractivity contribution is 0.0977. The highest BCUT2D eigenvalue weighted by atomic mass is 19.1. The van der Waals surface area contributed by atoms with Gasteiger partial charge in [-0.15, -0.1) is 0 Å². The summed E-state index contributed by atoms with van der Waals surface area (Å²) in [6, 6.07) is 9.70. The van der Waals surface area contributed by atoms with Crippen molar-refractivity contribution in [2.45, 2.75) is 19.5 Å². The number of methoxy groups -OCH3 is 1. The van der Waals surface area contributed by atoms with Gasteiger partial charge in [0.05, 0.1) is 7.11 Å². The lowest BCUT2D eigenvalue weighted by Gasteiger charge is -2.38. The molecule has 1 aliphatic rings. The first-order valence-corrected chi connectivity index (χ1v) is 8.36. The van der Waals surface area contributed by atoms with Crippen LogP contribution >= 0.6 is 0 Å². The van der Waals surface area contributed by atoms with Gasteiger partial charge in [0.2, 0.25) is 0 Å². The molecule has 0 spiro atoms. The topological polar surface area (TPSA) is 28.6 Å². The molecule has 0 radical (unpaired) electrons. The standard InChI is InChI=1S/C19H24FN3O/c1-15(17-4-3-7-21-13-17)23-10-8-22(9-11-23)14-16-5-6-19(24-2)18(20)12-16/h3-7,12-13,15H,8-11,14H2,1-2H3. The van der Waals surface area contributed by atoms with Gasteiger partial charge in [0.15, 0.2) is 11.6 Å². The van der Waals surface area contributed by atoms with Gasteiger partial charge in [-0.05, 0) is 36.2 Å². The highest BCUT2D eigenvalue weighted by molar-refractivity contribution is 5.29. The Balaban J connectivity index is 1.54. The fourth-order valence-corrected chi connectivity index (χ4v) is 3.21. The lowest BCUT2D eigenvalue weighted by Crippen LogP contribution is -2.46. The predicted molar refractivity (Wildman–Crippen MR) is 92.5 cm³/mol. The summed E-state index contributed by atoms with van der Waals surface area (Å²) < 4.78 is 18.8. The van der Waals surface area contributed by atoms with Crippen LogP contribution in [0.15, 0.2) is 42.7 Å². The third-order valence-corrected chi connectivity index (χ3v) is 4.74. The van der Waals surface area contributed by atoms with Gasteiger partial charge in [0, 0.05) is 51.2 Å². The van der Waals surface area contributed by atoms with Gasteiger partial charge in [0.25, 0.3) is 0 Å². The van der Waals surface area contributed by atoms with E-state index in [0.717, 1.165) is 38.3 Å². The first-order valence-electron chi connectivity index (χ1n) is 8.36. The van der Waals surface area contributed by atoms with Crippen LogP contribution < -0.4 is 4.74 Å². The Morgan fingerprint density at radius 3 is 2.62 bits per heavy atom. The quantitative estimate of drug-likeness (QED) is 0.843. The van der Waals surface area contributed by atoms with Crippen molar-refractivity contribution >= 4 is 0 Å². The molecule has 0 N–H and O–H groups in total. The van der Waals surface area contributed by atoms with Gasteiger partial charge in [-0.25, -0.2) is 4.39 Å². The molecule has 1 unspecified atom stereocenters. The minimum Gasteiger partial charge on any atom is -0.494 e. The van der Waals surface area contributed by atoms with Crippen LogP contribution in [0.2, 0.25) is 0 Å². The Hall–Kier alpha value is -1.98. The molecule has 1 aromatic heterocycles. The average molecular weight is 329 g/mol. The van der Waals surface area contributed by atoms with Crippen molar-refractivity contribution in [1.29, 1.82) is 0 Å². The monoisotopic (exact) mass is 329 g/mol. The van der Waals surface area contributed by atoms with Gasteiger partial charge >= 0.3 is 0 Å². The van der Waals surface area contributed by atoms with Gasteiger partial charge in [-0.2, -0.15) is 0 Å². The van der Waals surface area contributed by atoms with Crippen molar-refractivity contribution in [1.82, 2.24) is 14.8 Å². The molecule has 1 saturated heterocycles. The van der Waals surface area contributed by atoms with E-state index in [2.05, 4.69) is 27.8 Å². The minimum atomic E-state index is -0.293. The number of aromatic nitrogens is 1. The Labute approximate surface area is 142 Å². The van der Waals surface area contributed by atoms with Gasteiger partial charge in [-0.3, -0.25) is 14.8 Å². The summed E-state index contributed by atoms with van der Waals surface area (Å²) in [4.78, 5) is 9.05. The Morgan fingerprint density at radius 1 is 1.21 bits per heavy atom. The molecule has 0 amide bonds. The molecular weight excluding hydrogens is 305 g/mol. The van der Waals surface area contributed by atoms with Crippen molar-refractivity contribution < 1.29 is 9.13 Å². The van der Waals surface area contributed by atoms with E-state index in [1.54, 1.807) is 12.1 Å². The summed E-state index contributed by atoms with van der Waals surface area (Å²) in [6.07, 6.45) is 3.75. The zero-order valence-corrected chi connectivity index (χ0v) is 14.3. The molecule has 0 bridgehead atoms. The normalized spacial score (nSPS) is 17.6. The number of hydrogen-bond acceptors (Lipinski definition) is 4. The van der Waals surface area contributed by atoms with Crippen molar-refractivity contribution in [3.8, 4) is 5.75 Å². The van der Waals surface area contributed by atoms with E-state index < -0.39 is 0 Å². The number of benzene rings is 1. The zero-order valence-electron chi connectivity index (χ0n) is 14.3. The first-order chi connectivity index (χ1) is 11.7. The first kappa shape index (κ1) is 16.9. The number of ether oxygens (including phenoxy) is 1. The summed E-state index contributed by atoms with van der Waals surface area (Å²) in [7, 11) is 1.49. The van der Waals surface area contributed by atoms with Crippen LogP contribution in [0.25, 0.3) is 0 Å². The smallest absolute Gasteiger partial charge is 0.165 e. The third kappa shape index (κ3) is 3.91. The molecule has 2 heterocycles. The molecule has 1 aliphatic heterocycles. The summed E-state index contributed by atoms with van der Waals surface area (Å²) in [5.74, 6) is 0.00713. The van der Waals surface area contributed by atoms with Crippen LogP contribution in [0, 0.1) is 5.82 Å². The summed E-state index contributed by atoms with van der Waals surface area (Å²) in [6.45, 7) is 6.99. The van der Waals surface area contributed by atoms with Crippen LogP contribution in [0.4, 0.5) is 4.39 Å². The highest BCUT2D eigenvalue weighted by Gasteiger charge is 2.22. The van der Waals surface area contributed by atoms with Gasteiger partial charge in [-0.1, -0.05) is 12.1 Å². The van der Waals surface area contributed by atoms with E-state index in [4.69, 9.17) is 4.74 Å². The maximum Gasteiger partial charge on any atom is 0.165 e. The van der Waals surface area contributed by atoms with E-state index in [9.17, 15) is 4.39 Å². The van der Waals surface area contributed by atoms with Crippen LogP contribution in [-0.2, 0) is 6.54 Å². The molecule has 1 aromatic carbocycles. The highest BCUT2D eigenvalue weighted by Crippen LogP contribution is 2.22. The second-order valence-corrected chi connectivity index (χ2v) is 6.24. The Bertz CT molecular complexity index is 657. The number of pyridine rings is 1. The van der Waals surface area contributed by atoms with Gasteiger partial charge < -0.3 is 4.74 Å². The van der Waals surface area contributed by atoms with E-state index in [1.165, 1.54) is 12.7 Å². The summed E-state index contributed by atoms with van der Waals surface area (Å²) >= 11 is 0. The summed E-state index contributed by atoms with van der Waals surface area (Å²) in [5.41, 5.74) is 2.24. The van der Waals surface area contributed by atoms with Crippen molar-refractivity contribution in [3.63, 3.8) is 0 Å². The molecule has 128 valence electrons. The predicted octanol–water partition coefficient (Wildman–Crippen LogP) is 3.11. The number of rotatable bonds is 5. The third-order valence-electron chi connectivity index (χ3n) is 4.74. The molecule has 0 saturated carbocycles. The van der Waals surface area contributed by atoms with E-state index in [1.807, 2.05) is 24.5 Å². The zero-order chi connectivity index (χ0) is 16.9. The number of piperazine rings is 1.